The van der Waals surface area contributed by atoms with Gasteiger partial charge in [-0.15, -0.1) is 11.6 Å². The summed E-state index contributed by atoms with van der Waals surface area (Å²) in [5.74, 6) is -0.570. The molecule has 0 amide bonds. The third kappa shape index (κ3) is 3.80. The van der Waals surface area contributed by atoms with Crippen LogP contribution in [0.4, 0.5) is 0 Å². The van der Waals surface area contributed by atoms with Crippen molar-refractivity contribution in [3.63, 3.8) is 0 Å². The number of rotatable bonds is 5. The zero-order valence-electron chi connectivity index (χ0n) is 9.60. The van der Waals surface area contributed by atoms with Crippen molar-refractivity contribution in [2.24, 2.45) is 0 Å². The van der Waals surface area contributed by atoms with Gasteiger partial charge in [0.15, 0.2) is 5.78 Å². The molecule has 0 fully saturated rings. The van der Waals surface area contributed by atoms with Crippen molar-refractivity contribution in [2.45, 2.75) is 24.8 Å². The molecule has 0 saturated carbocycles. The molecular weight excluding hydrogens is 262 g/mol. The van der Waals surface area contributed by atoms with Gasteiger partial charge in [0.05, 0.1) is 16.8 Å². The van der Waals surface area contributed by atoms with Gasteiger partial charge in [-0.3, -0.25) is 4.79 Å². The maximum Gasteiger partial charge on any atom is 0.241 e. The van der Waals surface area contributed by atoms with Gasteiger partial charge < -0.3 is 0 Å². The number of halogens is 1. The van der Waals surface area contributed by atoms with E-state index in [1.807, 2.05) is 6.92 Å². The fourth-order valence-electron chi connectivity index (χ4n) is 1.20. The first-order valence-electron chi connectivity index (χ1n) is 5.04. The van der Waals surface area contributed by atoms with E-state index in [0.29, 0.717) is 0 Å². The normalized spacial score (nSPS) is 13.4. The van der Waals surface area contributed by atoms with Gasteiger partial charge in [0.2, 0.25) is 10.0 Å². The van der Waals surface area contributed by atoms with Gasteiger partial charge in [-0.1, -0.05) is 17.7 Å². The molecule has 0 spiro atoms. The highest BCUT2D eigenvalue weighted by Gasteiger charge is 2.20. The fraction of sp³-hybridized carbons (Fsp3) is 0.364. The number of nitrogens with one attached hydrogen (secondary N) is 1. The van der Waals surface area contributed by atoms with Crippen LogP contribution >= 0.6 is 11.6 Å². The number of carbonyl (C=O) groups is 1. The van der Waals surface area contributed by atoms with Crippen LogP contribution in [-0.2, 0) is 14.8 Å². The van der Waals surface area contributed by atoms with E-state index < -0.39 is 16.1 Å². The van der Waals surface area contributed by atoms with Gasteiger partial charge in [-0.05, 0) is 26.0 Å². The molecule has 0 saturated heterocycles. The number of hydrogen-bond donors (Lipinski definition) is 1. The van der Waals surface area contributed by atoms with Crippen LogP contribution in [0.3, 0.4) is 0 Å². The smallest absolute Gasteiger partial charge is 0.241 e. The van der Waals surface area contributed by atoms with Crippen molar-refractivity contribution in [1.82, 2.24) is 4.72 Å². The first-order chi connectivity index (χ1) is 7.86. The number of ketones is 1. The molecule has 1 N–H and O–H groups in total. The van der Waals surface area contributed by atoms with Gasteiger partial charge in [-0.2, -0.15) is 0 Å². The van der Waals surface area contributed by atoms with Crippen molar-refractivity contribution in [2.75, 3.05) is 5.88 Å². The van der Waals surface area contributed by atoms with Crippen molar-refractivity contribution in [1.29, 1.82) is 0 Å². The van der Waals surface area contributed by atoms with Gasteiger partial charge in [0.25, 0.3) is 0 Å². The van der Waals surface area contributed by atoms with Crippen LogP contribution < -0.4 is 4.72 Å². The number of hydrogen-bond acceptors (Lipinski definition) is 3. The Morgan fingerprint density at radius 2 is 1.88 bits per heavy atom. The molecule has 0 aliphatic heterocycles. The van der Waals surface area contributed by atoms with Crippen molar-refractivity contribution < 1.29 is 13.2 Å². The quantitative estimate of drug-likeness (QED) is 0.828. The Labute approximate surface area is 106 Å². The molecule has 0 aromatic heterocycles. The van der Waals surface area contributed by atoms with E-state index in [-0.39, 0.29) is 16.6 Å². The Kier molecular flexibility index (Phi) is 4.68. The van der Waals surface area contributed by atoms with Crippen molar-refractivity contribution in [3.8, 4) is 0 Å². The summed E-state index contributed by atoms with van der Waals surface area (Å²) in [6, 6.07) is 5.56. The van der Waals surface area contributed by atoms with Gasteiger partial charge >= 0.3 is 0 Å². The van der Waals surface area contributed by atoms with E-state index in [1.165, 1.54) is 19.1 Å². The van der Waals surface area contributed by atoms with E-state index in [2.05, 4.69) is 4.72 Å². The highest BCUT2D eigenvalue weighted by Crippen LogP contribution is 2.10. The number of Topliss-reactive ketones (excluding diaryl/α,β-unsaturated/α-hetero) is 1. The standard InChI is InChI=1S/C11H14ClNO3S/c1-8-3-5-10(6-4-8)17(15,16)13-9(2)11(14)7-12/h3-6,9,13H,7H2,1-2H3. The Morgan fingerprint density at radius 3 is 2.35 bits per heavy atom. The maximum atomic E-state index is 11.9. The van der Waals surface area contributed by atoms with E-state index >= 15 is 0 Å². The molecule has 1 aromatic carbocycles. The first-order valence-corrected chi connectivity index (χ1v) is 7.06. The van der Waals surface area contributed by atoms with Crippen molar-refractivity contribution in [3.05, 3.63) is 29.8 Å². The zero-order chi connectivity index (χ0) is 13.1. The molecule has 0 aliphatic rings. The molecule has 6 heteroatoms. The van der Waals surface area contributed by atoms with Gasteiger partial charge in [0, 0.05) is 0 Å². The topological polar surface area (TPSA) is 63.2 Å². The molecule has 1 atom stereocenters. The molecule has 0 heterocycles. The minimum Gasteiger partial charge on any atom is -0.297 e. The minimum absolute atomic E-state index is 0.136. The number of carbonyl (C=O) groups excluding carboxylic acids is 1. The largest absolute Gasteiger partial charge is 0.297 e. The molecule has 17 heavy (non-hydrogen) atoms. The lowest BCUT2D eigenvalue weighted by Crippen LogP contribution is -2.39. The molecule has 0 bridgehead atoms. The van der Waals surface area contributed by atoms with Gasteiger partial charge in [-0.25, -0.2) is 13.1 Å². The summed E-state index contributed by atoms with van der Waals surface area (Å²) >= 11 is 5.36. The number of sulfonamides is 1. The number of alkyl halides is 1. The van der Waals surface area contributed by atoms with E-state index in [9.17, 15) is 13.2 Å². The van der Waals surface area contributed by atoms with Crippen LogP contribution in [0.25, 0.3) is 0 Å². The average Bonchev–Trinajstić information content (AvgIpc) is 2.27. The minimum atomic E-state index is -3.66. The molecule has 0 radical (unpaired) electrons. The van der Waals surface area contributed by atoms with Crippen LogP contribution in [0.2, 0.25) is 0 Å². The van der Waals surface area contributed by atoms with E-state index in [4.69, 9.17) is 11.6 Å². The predicted octanol–water partition coefficient (Wildman–Crippen LogP) is 1.47. The highest BCUT2D eigenvalue weighted by molar-refractivity contribution is 7.89. The Balaban J connectivity index is 2.89. The third-order valence-electron chi connectivity index (χ3n) is 2.28. The molecule has 0 aliphatic carbocycles. The van der Waals surface area contributed by atoms with Crippen LogP contribution in [0.1, 0.15) is 12.5 Å². The van der Waals surface area contributed by atoms with Crippen LogP contribution in [0.15, 0.2) is 29.2 Å². The molecule has 4 nitrogen and oxygen atoms in total. The van der Waals surface area contributed by atoms with E-state index in [1.54, 1.807) is 12.1 Å². The summed E-state index contributed by atoms with van der Waals surface area (Å²) in [5, 5.41) is 0. The highest BCUT2D eigenvalue weighted by atomic mass is 35.5. The fourth-order valence-corrected chi connectivity index (χ4v) is 2.66. The number of benzene rings is 1. The molecule has 1 rings (SSSR count). The van der Waals surface area contributed by atoms with Gasteiger partial charge in [0.1, 0.15) is 0 Å². The maximum absolute atomic E-state index is 11.9. The van der Waals surface area contributed by atoms with Crippen molar-refractivity contribution >= 4 is 27.4 Å². The van der Waals surface area contributed by atoms with Crippen LogP contribution in [0.5, 0.6) is 0 Å². The Bertz CT molecular complexity index is 496. The van der Waals surface area contributed by atoms with Crippen LogP contribution in [0, 0.1) is 6.92 Å². The Morgan fingerprint density at radius 1 is 1.35 bits per heavy atom. The third-order valence-corrected chi connectivity index (χ3v) is 4.10. The number of aryl methyl sites for hydroxylation is 1. The molecule has 94 valence electrons. The average molecular weight is 276 g/mol. The lowest BCUT2D eigenvalue weighted by atomic mass is 10.2. The lowest BCUT2D eigenvalue weighted by molar-refractivity contribution is -0.117. The summed E-state index contributed by atoms with van der Waals surface area (Å²) in [6.45, 7) is 3.33. The summed E-state index contributed by atoms with van der Waals surface area (Å²) < 4.78 is 26.0. The van der Waals surface area contributed by atoms with E-state index in [0.717, 1.165) is 5.56 Å². The second-order valence-electron chi connectivity index (χ2n) is 3.76. The lowest BCUT2D eigenvalue weighted by Gasteiger charge is -2.12. The summed E-state index contributed by atoms with van der Waals surface area (Å²) in [6.07, 6.45) is 0. The zero-order valence-corrected chi connectivity index (χ0v) is 11.2. The predicted molar refractivity (Wildman–Crippen MR) is 66.7 cm³/mol. The molecular formula is C11H14ClNO3S. The molecule has 1 aromatic rings. The SMILES string of the molecule is Cc1ccc(S(=O)(=O)NC(C)C(=O)CCl)cc1. The summed E-state index contributed by atoms with van der Waals surface area (Å²) in [5.41, 5.74) is 0.967. The monoisotopic (exact) mass is 275 g/mol. The first kappa shape index (κ1) is 14.2. The summed E-state index contributed by atoms with van der Waals surface area (Å²) in [4.78, 5) is 11.4. The molecule has 1 unspecified atom stereocenters. The Hall–Kier alpha value is -0.910. The van der Waals surface area contributed by atoms with Crippen LogP contribution in [-0.4, -0.2) is 26.1 Å². The second kappa shape index (κ2) is 5.62. The second-order valence-corrected chi connectivity index (χ2v) is 5.74. The summed E-state index contributed by atoms with van der Waals surface area (Å²) in [7, 11) is -3.66.